The number of methoxy groups -OCH3 is 1. The van der Waals surface area contributed by atoms with Crippen LogP contribution in [0.25, 0.3) is 0 Å². The Morgan fingerprint density at radius 1 is 1.19 bits per heavy atom. The minimum Gasteiger partial charge on any atom is -0.495 e. The molecule has 1 aromatic heterocycles. The number of hydrogen-bond acceptors (Lipinski definition) is 5. The van der Waals surface area contributed by atoms with Gasteiger partial charge in [0.05, 0.1) is 23.7 Å². The molecule has 1 aliphatic heterocycles. The molecule has 0 fully saturated rings. The first-order chi connectivity index (χ1) is 14.8. The van der Waals surface area contributed by atoms with Crippen LogP contribution in [0.3, 0.4) is 0 Å². The first-order valence-electron chi connectivity index (χ1n) is 9.95. The number of para-hydroxylation sites is 2. The lowest BCUT2D eigenvalue weighted by atomic mass is 10.00. The Morgan fingerprint density at radius 2 is 1.97 bits per heavy atom. The van der Waals surface area contributed by atoms with Crippen molar-refractivity contribution in [3.8, 4) is 5.75 Å². The van der Waals surface area contributed by atoms with Crippen molar-refractivity contribution in [1.82, 2.24) is 4.90 Å². The number of nitrogens with one attached hydrogen (secondary N) is 1. The molecular formula is C23H24N2O4S2. The quantitative estimate of drug-likeness (QED) is 0.608. The van der Waals surface area contributed by atoms with Gasteiger partial charge in [-0.15, -0.1) is 11.3 Å². The second kappa shape index (κ2) is 8.36. The number of ether oxygens (including phenoxy) is 1. The van der Waals surface area contributed by atoms with Gasteiger partial charge in [-0.2, -0.15) is 0 Å². The second-order valence-electron chi connectivity index (χ2n) is 7.51. The van der Waals surface area contributed by atoms with Crippen molar-refractivity contribution in [3.05, 3.63) is 75.5 Å². The molecule has 3 aromatic rings. The van der Waals surface area contributed by atoms with E-state index < -0.39 is 10.0 Å². The fourth-order valence-electron chi connectivity index (χ4n) is 3.90. The number of hydrogen-bond donors (Lipinski definition) is 1. The fraction of sp³-hybridized carbons (Fsp3) is 0.261. The van der Waals surface area contributed by atoms with Crippen LogP contribution in [0.1, 0.15) is 39.3 Å². The van der Waals surface area contributed by atoms with Gasteiger partial charge in [-0.25, -0.2) is 8.42 Å². The van der Waals surface area contributed by atoms with Crippen LogP contribution < -0.4 is 9.46 Å². The van der Waals surface area contributed by atoms with Gasteiger partial charge in [0.25, 0.3) is 15.9 Å². The average molecular weight is 457 g/mol. The zero-order valence-corrected chi connectivity index (χ0v) is 19.2. The summed E-state index contributed by atoms with van der Waals surface area (Å²) in [5.41, 5.74) is 2.43. The molecule has 0 spiro atoms. The Morgan fingerprint density at radius 3 is 2.74 bits per heavy atom. The van der Waals surface area contributed by atoms with Gasteiger partial charge in [-0.1, -0.05) is 18.2 Å². The van der Waals surface area contributed by atoms with E-state index in [2.05, 4.69) is 16.2 Å². The van der Waals surface area contributed by atoms with Crippen molar-refractivity contribution in [2.24, 2.45) is 0 Å². The third-order valence-corrected chi connectivity index (χ3v) is 8.12. The summed E-state index contributed by atoms with van der Waals surface area (Å²) in [6.07, 6.45) is 0.815. The molecule has 2 heterocycles. The Kier molecular flexibility index (Phi) is 5.77. The molecule has 1 amide bonds. The third-order valence-electron chi connectivity index (χ3n) is 5.61. The normalized spacial score (nSPS) is 16.0. The van der Waals surface area contributed by atoms with E-state index in [1.54, 1.807) is 54.7 Å². The summed E-state index contributed by atoms with van der Waals surface area (Å²) in [4.78, 5) is 16.5. The summed E-state index contributed by atoms with van der Waals surface area (Å²) in [5, 5.41) is 2.05. The van der Waals surface area contributed by atoms with Crippen LogP contribution in [0.15, 0.2) is 58.8 Å². The number of carbonyl (C=O) groups excluding carboxylic acids is 1. The third kappa shape index (κ3) is 4.05. The molecular weight excluding hydrogens is 432 g/mol. The van der Waals surface area contributed by atoms with Crippen molar-refractivity contribution in [2.75, 3.05) is 18.4 Å². The second-order valence-corrected chi connectivity index (χ2v) is 10.2. The number of thiophene rings is 1. The summed E-state index contributed by atoms with van der Waals surface area (Å²) >= 11 is 1.71. The SMILES string of the molecule is COc1ccccc1NS(=O)(=O)c1cc(C(=O)N2CCc3sccc3C2C)ccc1C. The summed E-state index contributed by atoms with van der Waals surface area (Å²) in [6, 6.07) is 13.6. The lowest BCUT2D eigenvalue weighted by Crippen LogP contribution is -2.38. The largest absolute Gasteiger partial charge is 0.495 e. The molecule has 0 bridgehead atoms. The summed E-state index contributed by atoms with van der Waals surface area (Å²) in [7, 11) is -2.43. The maximum atomic E-state index is 13.3. The van der Waals surface area contributed by atoms with Crippen LogP contribution in [0.5, 0.6) is 5.75 Å². The van der Waals surface area contributed by atoms with E-state index in [1.165, 1.54) is 23.6 Å². The topological polar surface area (TPSA) is 75.7 Å². The molecule has 0 saturated carbocycles. The maximum absolute atomic E-state index is 13.3. The van der Waals surface area contributed by atoms with E-state index in [0.29, 0.717) is 29.1 Å². The van der Waals surface area contributed by atoms with Crippen molar-refractivity contribution < 1.29 is 17.9 Å². The van der Waals surface area contributed by atoms with Gasteiger partial charge >= 0.3 is 0 Å². The predicted octanol–water partition coefficient (Wildman–Crippen LogP) is 4.63. The number of anilines is 1. The molecule has 1 aliphatic rings. The predicted molar refractivity (Wildman–Crippen MR) is 122 cm³/mol. The molecule has 6 nitrogen and oxygen atoms in total. The minimum atomic E-state index is -3.92. The molecule has 1 atom stereocenters. The van der Waals surface area contributed by atoms with Gasteiger partial charge in [0, 0.05) is 17.0 Å². The molecule has 162 valence electrons. The molecule has 0 aliphatic carbocycles. The fourth-order valence-corrected chi connectivity index (χ4v) is 6.21. The molecule has 1 unspecified atom stereocenters. The maximum Gasteiger partial charge on any atom is 0.262 e. The monoisotopic (exact) mass is 456 g/mol. The van der Waals surface area contributed by atoms with Gasteiger partial charge in [-0.3, -0.25) is 9.52 Å². The van der Waals surface area contributed by atoms with Crippen molar-refractivity contribution >= 4 is 33.0 Å². The zero-order chi connectivity index (χ0) is 22.2. The number of benzene rings is 2. The van der Waals surface area contributed by atoms with Crippen molar-refractivity contribution in [3.63, 3.8) is 0 Å². The Balaban J connectivity index is 1.65. The lowest BCUT2D eigenvalue weighted by molar-refractivity contribution is 0.0679. The summed E-state index contributed by atoms with van der Waals surface area (Å²) in [5.74, 6) is 0.253. The van der Waals surface area contributed by atoms with E-state index in [9.17, 15) is 13.2 Å². The van der Waals surface area contributed by atoms with Crippen LogP contribution in [0.2, 0.25) is 0 Å². The first-order valence-corrected chi connectivity index (χ1v) is 12.3. The summed E-state index contributed by atoms with van der Waals surface area (Å²) < 4.78 is 34.1. The number of sulfonamides is 1. The molecule has 1 N–H and O–H groups in total. The van der Waals surface area contributed by atoms with Gasteiger partial charge in [0.15, 0.2) is 0 Å². The molecule has 2 aromatic carbocycles. The molecule has 31 heavy (non-hydrogen) atoms. The van der Waals surface area contributed by atoms with Gasteiger partial charge in [-0.05, 0) is 67.1 Å². The Hall–Kier alpha value is -2.84. The van der Waals surface area contributed by atoms with Crippen LogP contribution in [-0.2, 0) is 16.4 Å². The minimum absolute atomic E-state index is 0.0458. The zero-order valence-electron chi connectivity index (χ0n) is 17.6. The van der Waals surface area contributed by atoms with E-state index in [1.807, 2.05) is 11.8 Å². The van der Waals surface area contributed by atoms with Crippen LogP contribution in [0, 0.1) is 6.92 Å². The first kappa shape index (κ1) is 21.4. The van der Waals surface area contributed by atoms with Gasteiger partial charge in [0.2, 0.25) is 0 Å². The standard InChI is InChI=1S/C23H24N2O4S2/c1-15-8-9-17(23(26)25-12-10-21-18(16(25)2)11-13-30-21)14-22(15)31(27,28)24-19-6-4-5-7-20(19)29-3/h4-9,11,13-14,16,24H,10,12H2,1-3H3. The van der Waals surface area contributed by atoms with Gasteiger partial charge < -0.3 is 9.64 Å². The number of rotatable bonds is 5. The van der Waals surface area contributed by atoms with Crippen LogP contribution in [0.4, 0.5) is 5.69 Å². The Bertz CT molecular complexity index is 1230. The van der Waals surface area contributed by atoms with Gasteiger partial charge in [0.1, 0.15) is 5.75 Å². The van der Waals surface area contributed by atoms with Crippen LogP contribution >= 0.6 is 11.3 Å². The van der Waals surface area contributed by atoms with E-state index in [-0.39, 0.29) is 16.8 Å². The highest BCUT2D eigenvalue weighted by Gasteiger charge is 2.30. The van der Waals surface area contributed by atoms with E-state index in [4.69, 9.17) is 4.74 Å². The highest BCUT2D eigenvalue weighted by molar-refractivity contribution is 7.92. The van der Waals surface area contributed by atoms with E-state index in [0.717, 1.165) is 6.42 Å². The number of fused-ring (bicyclic) bond motifs is 1. The molecule has 4 rings (SSSR count). The Labute approximate surface area is 186 Å². The smallest absolute Gasteiger partial charge is 0.262 e. The highest BCUT2D eigenvalue weighted by Crippen LogP contribution is 2.34. The van der Waals surface area contributed by atoms with Crippen molar-refractivity contribution in [1.29, 1.82) is 0 Å². The van der Waals surface area contributed by atoms with E-state index >= 15 is 0 Å². The summed E-state index contributed by atoms with van der Waals surface area (Å²) in [6.45, 7) is 4.34. The molecule has 0 saturated heterocycles. The number of carbonyl (C=O) groups is 1. The molecule has 0 radical (unpaired) electrons. The number of nitrogens with zero attached hydrogens (tertiary/aromatic N) is 1. The number of amides is 1. The lowest BCUT2D eigenvalue weighted by Gasteiger charge is -2.33. The highest BCUT2D eigenvalue weighted by atomic mass is 32.2. The van der Waals surface area contributed by atoms with Crippen LogP contribution in [-0.4, -0.2) is 32.9 Å². The molecule has 8 heteroatoms. The average Bonchev–Trinajstić information content (AvgIpc) is 3.24. The van der Waals surface area contributed by atoms with Crippen molar-refractivity contribution in [2.45, 2.75) is 31.2 Å². The number of aryl methyl sites for hydroxylation is 1.